The molecule has 0 saturated carbocycles. The third kappa shape index (κ3) is 7.17. The number of nitrogens with one attached hydrogen (secondary N) is 2. The summed E-state index contributed by atoms with van der Waals surface area (Å²) in [5.74, 6) is 1.75. The Morgan fingerprint density at radius 3 is 2.48 bits per heavy atom. The quantitative estimate of drug-likeness (QED) is 0.542. The Morgan fingerprint density at radius 1 is 1.15 bits per heavy atom. The summed E-state index contributed by atoms with van der Waals surface area (Å²) in [5.41, 5.74) is 1.69. The molecule has 1 aliphatic heterocycles. The zero-order valence-corrected chi connectivity index (χ0v) is 20.1. The van der Waals surface area contributed by atoms with Crippen molar-refractivity contribution in [2.24, 2.45) is 5.92 Å². The van der Waals surface area contributed by atoms with E-state index in [-0.39, 0.29) is 23.8 Å². The lowest BCUT2D eigenvalue weighted by molar-refractivity contribution is -0.125. The van der Waals surface area contributed by atoms with Crippen LogP contribution in [0.3, 0.4) is 0 Å². The molecule has 1 amide bonds. The van der Waals surface area contributed by atoms with Gasteiger partial charge < -0.3 is 20.1 Å². The molecule has 6 nitrogen and oxygen atoms in total. The van der Waals surface area contributed by atoms with Crippen LogP contribution in [0.15, 0.2) is 42.5 Å². The van der Waals surface area contributed by atoms with Gasteiger partial charge in [-0.3, -0.25) is 9.69 Å². The zero-order chi connectivity index (χ0) is 23.8. The molecule has 0 spiro atoms. The highest BCUT2D eigenvalue weighted by molar-refractivity contribution is 5.82. The second-order valence-corrected chi connectivity index (χ2v) is 9.03. The van der Waals surface area contributed by atoms with Crippen molar-refractivity contribution in [3.63, 3.8) is 0 Å². The number of halogens is 1. The van der Waals surface area contributed by atoms with Gasteiger partial charge in [0.25, 0.3) is 0 Å². The van der Waals surface area contributed by atoms with Crippen LogP contribution in [0, 0.1) is 11.7 Å². The van der Waals surface area contributed by atoms with Gasteiger partial charge in [0.15, 0.2) is 0 Å². The Hall–Kier alpha value is -2.64. The average molecular weight is 458 g/mol. The second kappa shape index (κ2) is 12.0. The number of nitrogens with zero attached hydrogens (tertiary/aromatic N) is 1. The number of likely N-dealkylation sites (tertiary alicyclic amines) is 1. The van der Waals surface area contributed by atoms with Gasteiger partial charge in [0.2, 0.25) is 5.91 Å². The molecule has 2 aromatic carbocycles. The van der Waals surface area contributed by atoms with Crippen molar-refractivity contribution in [3.8, 4) is 11.5 Å². The molecule has 0 radical (unpaired) electrons. The molecule has 0 aliphatic carbocycles. The zero-order valence-electron chi connectivity index (χ0n) is 20.1. The second-order valence-electron chi connectivity index (χ2n) is 9.03. The van der Waals surface area contributed by atoms with Crippen molar-refractivity contribution in [3.05, 3.63) is 59.4 Å². The number of rotatable bonds is 11. The standard InChI is InChI=1S/C26H36FN3O3/c1-18(2)16-30-17-21(29-15-19-11-22(32-3)14-23(12-19)33-4)13-25(30)26(31)28-10-9-20-7-5-6-8-24(20)27/h5-8,11-12,14,18,21,25,29H,9-10,13,15-17H2,1-4H3,(H,28,31)/t21-,25+/m1/s1. The normalized spacial score (nSPS) is 18.5. The number of amides is 1. The molecule has 1 heterocycles. The number of methoxy groups -OCH3 is 2. The van der Waals surface area contributed by atoms with Crippen molar-refractivity contribution in [1.29, 1.82) is 0 Å². The van der Waals surface area contributed by atoms with Crippen LogP contribution in [0.25, 0.3) is 0 Å². The summed E-state index contributed by atoms with van der Waals surface area (Å²) in [6, 6.07) is 12.5. The van der Waals surface area contributed by atoms with Gasteiger partial charge in [-0.1, -0.05) is 32.0 Å². The van der Waals surface area contributed by atoms with E-state index in [4.69, 9.17) is 9.47 Å². The van der Waals surface area contributed by atoms with Gasteiger partial charge in [-0.15, -0.1) is 0 Å². The molecule has 1 saturated heterocycles. The first-order valence-corrected chi connectivity index (χ1v) is 11.6. The van der Waals surface area contributed by atoms with E-state index in [0.29, 0.717) is 31.0 Å². The van der Waals surface area contributed by atoms with Gasteiger partial charge in [0.1, 0.15) is 17.3 Å². The highest BCUT2D eigenvalue weighted by Crippen LogP contribution is 2.24. The van der Waals surface area contributed by atoms with Crippen molar-refractivity contribution in [2.45, 2.75) is 45.3 Å². The van der Waals surface area contributed by atoms with E-state index in [1.807, 2.05) is 24.3 Å². The Kier molecular flexibility index (Phi) is 9.09. The van der Waals surface area contributed by atoms with E-state index in [0.717, 1.165) is 36.6 Å². The first kappa shape index (κ1) is 25.0. The minimum Gasteiger partial charge on any atom is -0.497 e. The molecule has 0 bridgehead atoms. The number of hydrogen-bond acceptors (Lipinski definition) is 5. The fourth-order valence-corrected chi connectivity index (χ4v) is 4.36. The van der Waals surface area contributed by atoms with Gasteiger partial charge in [-0.2, -0.15) is 0 Å². The molecule has 2 aromatic rings. The number of hydrogen-bond donors (Lipinski definition) is 2. The lowest BCUT2D eigenvalue weighted by Crippen LogP contribution is -2.45. The Bertz CT molecular complexity index is 899. The predicted octanol–water partition coefficient (Wildman–Crippen LogP) is 3.39. The van der Waals surface area contributed by atoms with E-state index >= 15 is 0 Å². The van der Waals surface area contributed by atoms with Crippen molar-refractivity contribution in [2.75, 3.05) is 33.9 Å². The predicted molar refractivity (Wildman–Crippen MR) is 128 cm³/mol. The summed E-state index contributed by atoms with van der Waals surface area (Å²) < 4.78 is 24.6. The number of carbonyl (C=O) groups excluding carboxylic acids is 1. The Labute approximate surface area is 196 Å². The molecular weight excluding hydrogens is 421 g/mol. The molecule has 2 N–H and O–H groups in total. The smallest absolute Gasteiger partial charge is 0.237 e. The maximum Gasteiger partial charge on any atom is 0.237 e. The van der Waals surface area contributed by atoms with Crippen molar-refractivity contribution in [1.82, 2.24) is 15.5 Å². The molecule has 0 aromatic heterocycles. The van der Waals surface area contributed by atoms with Gasteiger partial charge in [-0.05, 0) is 48.1 Å². The molecule has 2 atom stereocenters. The molecular formula is C26H36FN3O3. The Morgan fingerprint density at radius 2 is 1.85 bits per heavy atom. The van der Waals surface area contributed by atoms with Crippen LogP contribution in [0.4, 0.5) is 4.39 Å². The van der Waals surface area contributed by atoms with E-state index < -0.39 is 0 Å². The summed E-state index contributed by atoms with van der Waals surface area (Å²) in [5, 5.41) is 6.62. The van der Waals surface area contributed by atoms with Crippen LogP contribution in [0.1, 0.15) is 31.4 Å². The van der Waals surface area contributed by atoms with E-state index in [2.05, 4.69) is 29.4 Å². The van der Waals surface area contributed by atoms with Crippen molar-refractivity contribution >= 4 is 5.91 Å². The molecule has 7 heteroatoms. The molecule has 3 rings (SSSR count). The maximum atomic E-state index is 13.8. The average Bonchev–Trinajstić information content (AvgIpc) is 3.20. The van der Waals surface area contributed by atoms with Gasteiger partial charge in [-0.25, -0.2) is 4.39 Å². The highest BCUT2D eigenvalue weighted by atomic mass is 19.1. The number of carbonyl (C=O) groups is 1. The molecule has 0 unspecified atom stereocenters. The summed E-state index contributed by atoms with van der Waals surface area (Å²) in [7, 11) is 3.28. The largest absolute Gasteiger partial charge is 0.497 e. The summed E-state index contributed by atoms with van der Waals surface area (Å²) >= 11 is 0. The summed E-state index contributed by atoms with van der Waals surface area (Å²) in [6.07, 6.45) is 1.22. The SMILES string of the molecule is COc1cc(CN[C@@H]2C[C@@H](C(=O)NCCc3ccccc3F)N(CC(C)C)C2)cc(OC)c1. The fraction of sp³-hybridized carbons (Fsp3) is 0.500. The van der Waals surface area contributed by atoms with Crippen LogP contribution in [0.2, 0.25) is 0 Å². The van der Waals surface area contributed by atoms with Crippen LogP contribution >= 0.6 is 0 Å². The first-order chi connectivity index (χ1) is 15.9. The van der Waals surface area contributed by atoms with Crippen LogP contribution in [-0.4, -0.2) is 56.7 Å². The van der Waals surface area contributed by atoms with Crippen LogP contribution < -0.4 is 20.1 Å². The van der Waals surface area contributed by atoms with Crippen LogP contribution in [0.5, 0.6) is 11.5 Å². The first-order valence-electron chi connectivity index (χ1n) is 11.6. The van der Waals surface area contributed by atoms with Crippen LogP contribution in [-0.2, 0) is 17.8 Å². The van der Waals surface area contributed by atoms with E-state index in [9.17, 15) is 9.18 Å². The molecule has 1 fully saturated rings. The lowest BCUT2D eigenvalue weighted by Gasteiger charge is -2.25. The third-order valence-electron chi connectivity index (χ3n) is 5.96. The lowest BCUT2D eigenvalue weighted by atomic mass is 10.1. The third-order valence-corrected chi connectivity index (χ3v) is 5.96. The molecule has 1 aliphatic rings. The molecule has 33 heavy (non-hydrogen) atoms. The fourth-order valence-electron chi connectivity index (χ4n) is 4.36. The maximum absolute atomic E-state index is 13.8. The topological polar surface area (TPSA) is 62.8 Å². The minimum atomic E-state index is -0.229. The molecule has 180 valence electrons. The summed E-state index contributed by atoms with van der Waals surface area (Å²) in [6.45, 7) is 7.08. The minimum absolute atomic E-state index is 0.0133. The van der Waals surface area contributed by atoms with E-state index in [1.54, 1.807) is 26.4 Å². The Balaban J connectivity index is 1.57. The summed E-state index contributed by atoms with van der Waals surface area (Å²) in [4.78, 5) is 15.2. The number of ether oxygens (including phenoxy) is 2. The monoisotopic (exact) mass is 457 g/mol. The van der Waals surface area contributed by atoms with Gasteiger partial charge in [0, 0.05) is 38.3 Å². The highest BCUT2D eigenvalue weighted by Gasteiger charge is 2.36. The number of benzene rings is 2. The van der Waals surface area contributed by atoms with Crippen molar-refractivity contribution < 1.29 is 18.7 Å². The van der Waals surface area contributed by atoms with Gasteiger partial charge in [0.05, 0.1) is 20.3 Å². The van der Waals surface area contributed by atoms with Gasteiger partial charge >= 0.3 is 0 Å². The van der Waals surface area contributed by atoms with E-state index in [1.165, 1.54) is 6.07 Å².